The van der Waals surface area contributed by atoms with E-state index in [4.69, 9.17) is 0 Å². The lowest BCUT2D eigenvalue weighted by molar-refractivity contribution is -0.115. The molecule has 2 nitrogen and oxygen atoms in total. The molecule has 1 amide bonds. The third-order valence-corrected chi connectivity index (χ3v) is 3.77. The maximum atomic E-state index is 11.8. The van der Waals surface area contributed by atoms with Crippen LogP contribution >= 0.6 is 11.8 Å². The highest BCUT2D eigenvalue weighted by Crippen LogP contribution is 2.18. The van der Waals surface area contributed by atoms with Crippen LogP contribution < -0.4 is 5.32 Å². The summed E-state index contributed by atoms with van der Waals surface area (Å²) in [6.07, 6.45) is 0.522. The zero-order valence-corrected chi connectivity index (χ0v) is 11.7. The third kappa shape index (κ3) is 4.45. The number of nitrogens with one attached hydrogen (secondary N) is 1. The molecule has 0 spiro atoms. The van der Waals surface area contributed by atoms with Crippen molar-refractivity contribution in [3.8, 4) is 0 Å². The zero-order valence-electron chi connectivity index (χ0n) is 10.9. The molecule has 2 aromatic rings. The average molecular weight is 271 g/mol. The van der Waals surface area contributed by atoms with Crippen LogP contribution in [0, 0.1) is 6.92 Å². The van der Waals surface area contributed by atoms with E-state index in [9.17, 15) is 4.79 Å². The number of benzene rings is 2. The van der Waals surface area contributed by atoms with Gasteiger partial charge in [0.2, 0.25) is 5.91 Å². The van der Waals surface area contributed by atoms with Gasteiger partial charge in [-0.3, -0.25) is 4.79 Å². The van der Waals surface area contributed by atoms with Crippen LogP contribution in [0.1, 0.15) is 12.0 Å². The molecule has 1 N–H and O–H groups in total. The molecule has 0 aliphatic carbocycles. The molecule has 98 valence electrons. The zero-order chi connectivity index (χ0) is 13.5. The Morgan fingerprint density at radius 3 is 2.47 bits per heavy atom. The van der Waals surface area contributed by atoms with Crippen LogP contribution in [0.4, 0.5) is 5.69 Å². The van der Waals surface area contributed by atoms with E-state index in [1.54, 1.807) is 11.8 Å². The highest BCUT2D eigenvalue weighted by atomic mass is 32.2. The molecule has 0 saturated heterocycles. The molecule has 0 aromatic heterocycles. The van der Waals surface area contributed by atoms with Gasteiger partial charge in [0.25, 0.3) is 0 Å². The Morgan fingerprint density at radius 2 is 1.74 bits per heavy atom. The number of rotatable bonds is 5. The first-order valence-electron chi connectivity index (χ1n) is 6.29. The van der Waals surface area contributed by atoms with E-state index >= 15 is 0 Å². The lowest BCUT2D eigenvalue weighted by atomic mass is 10.2. The number of thioether (sulfide) groups is 1. The summed E-state index contributed by atoms with van der Waals surface area (Å²) in [5.74, 6) is 0.861. The molecule has 0 saturated carbocycles. The average Bonchev–Trinajstić information content (AvgIpc) is 2.43. The highest BCUT2D eigenvalue weighted by molar-refractivity contribution is 7.99. The normalized spacial score (nSPS) is 10.2. The fourth-order valence-electron chi connectivity index (χ4n) is 1.70. The van der Waals surface area contributed by atoms with Crippen LogP contribution in [-0.2, 0) is 4.79 Å². The summed E-state index contributed by atoms with van der Waals surface area (Å²) in [6, 6.07) is 18.0. The van der Waals surface area contributed by atoms with Crippen molar-refractivity contribution in [2.75, 3.05) is 11.1 Å². The van der Waals surface area contributed by atoms with Gasteiger partial charge < -0.3 is 5.32 Å². The first-order chi connectivity index (χ1) is 9.25. The fourth-order valence-corrected chi connectivity index (χ4v) is 2.58. The second-order valence-corrected chi connectivity index (χ2v) is 5.44. The van der Waals surface area contributed by atoms with Crippen LogP contribution in [0.15, 0.2) is 59.5 Å². The molecule has 0 atom stereocenters. The Balaban J connectivity index is 1.78. The highest BCUT2D eigenvalue weighted by Gasteiger charge is 2.04. The third-order valence-electron chi connectivity index (χ3n) is 2.76. The second kappa shape index (κ2) is 7.00. The summed E-state index contributed by atoms with van der Waals surface area (Å²) in [7, 11) is 0. The van der Waals surface area contributed by atoms with Gasteiger partial charge in [-0.05, 0) is 30.7 Å². The molecule has 0 fully saturated rings. The van der Waals surface area contributed by atoms with E-state index in [-0.39, 0.29) is 5.91 Å². The van der Waals surface area contributed by atoms with E-state index in [1.165, 1.54) is 4.90 Å². The Morgan fingerprint density at radius 1 is 1.05 bits per heavy atom. The van der Waals surface area contributed by atoms with Gasteiger partial charge in [-0.2, -0.15) is 0 Å². The van der Waals surface area contributed by atoms with Gasteiger partial charge in [-0.25, -0.2) is 0 Å². The molecule has 0 bridgehead atoms. The minimum Gasteiger partial charge on any atom is -0.326 e. The van der Waals surface area contributed by atoms with Crippen molar-refractivity contribution in [3.05, 3.63) is 60.2 Å². The number of amides is 1. The fraction of sp³-hybridized carbons (Fsp3) is 0.188. The Hall–Kier alpha value is -1.74. The monoisotopic (exact) mass is 271 g/mol. The van der Waals surface area contributed by atoms with Crippen molar-refractivity contribution in [1.29, 1.82) is 0 Å². The topological polar surface area (TPSA) is 29.1 Å². The molecule has 0 unspecified atom stereocenters. The Kier molecular flexibility index (Phi) is 5.04. The lowest BCUT2D eigenvalue weighted by Gasteiger charge is -2.07. The largest absolute Gasteiger partial charge is 0.326 e. The number of carbonyl (C=O) groups is 1. The summed E-state index contributed by atoms with van der Waals surface area (Å²) < 4.78 is 0. The predicted molar refractivity (Wildman–Crippen MR) is 81.6 cm³/mol. The maximum absolute atomic E-state index is 11.8. The summed E-state index contributed by atoms with van der Waals surface area (Å²) in [6.45, 7) is 1.99. The molecule has 0 heterocycles. The summed E-state index contributed by atoms with van der Waals surface area (Å²) in [5, 5.41) is 2.94. The summed E-state index contributed by atoms with van der Waals surface area (Å²) in [5.41, 5.74) is 1.99. The van der Waals surface area contributed by atoms with Crippen LogP contribution in [0.2, 0.25) is 0 Å². The van der Waals surface area contributed by atoms with Gasteiger partial charge >= 0.3 is 0 Å². The number of para-hydroxylation sites is 1. The van der Waals surface area contributed by atoms with E-state index in [0.29, 0.717) is 6.42 Å². The minimum absolute atomic E-state index is 0.0673. The number of carbonyl (C=O) groups excluding carboxylic acids is 1. The van der Waals surface area contributed by atoms with E-state index in [1.807, 2.05) is 49.4 Å². The van der Waals surface area contributed by atoms with E-state index in [2.05, 4.69) is 17.4 Å². The van der Waals surface area contributed by atoms with Crippen molar-refractivity contribution in [2.45, 2.75) is 18.2 Å². The molecular weight excluding hydrogens is 254 g/mol. The van der Waals surface area contributed by atoms with Crippen LogP contribution in [-0.4, -0.2) is 11.7 Å². The van der Waals surface area contributed by atoms with Gasteiger partial charge in [0.1, 0.15) is 0 Å². The van der Waals surface area contributed by atoms with Crippen LogP contribution in [0.25, 0.3) is 0 Å². The maximum Gasteiger partial charge on any atom is 0.225 e. The number of hydrogen-bond donors (Lipinski definition) is 1. The van der Waals surface area contributed by atoms with Crippen LogP contribution in [0.5, 0.6) is 0 Å². The summed E-state index contributed by atoms with van der Waals surface area (Å²) in [4.78, 5) is 13.0. The quantitative estimate of drug-likeness (QED) is 0.829. The first-order valence-corrected chi connectivity index (χ1v) is 7.27. The smallest absolute Gasteiger partial charge is 0.225 e. The lowest BCUT2D eigenvalue weighted by Crippen LogP contribution is -2.12. The van der Waals surface area contributed by atoms with Crippen LogP contribution in [0.3, 0.4) is 0 Å². The Labute approximate surface area is 118 Å². The number of anilines is 1. The van der Waals surface area contributed by atoms with Gasteiger partial charge in [0.15, 0.2) is 0 Å². The van der Waals surface area contributed by atoms with Crippen molar-refractivity contribution in [1.82, 2.24) is 0 Å². The molecule has 0 aliphatic rings. The van der Waals surface area contributed by atoms with Gasteiger partial charge in [-0.1, -0.05) is 36.4 Å². The minimum atomic E-state index is 0.0673. The molecule has 19 heavy (non-hydrogen) atoms. The molecule has 3 heteroatoms. The summed E-state index contributed by atoms with van der Waals surface area (Å²) >= 11 is 1.70. The molecule has 0 radical (unpaired) electrons. The van der Waals surface area contributed by atoms with Gasteiger partial charge in [0, 0.05) is 22.8 Å². The van der Waals surface area contributed by atoms with Crippen molar-refractivity contribution >= 4 is 23.4 Å². The molecule has 2 aromatic carbocycles. The van der Waals surface area contributed by atoms with Crippen molar-refractivity contribution in [2.24, 2.45) is 0 Å². The second-order valence-electron chi connectivity index (χ2n) is 4.27. The number of hydrogen-bond acceptors (Lipinski definition) is 2. The molecular formula is C16H17NOS. The van der Waals surface area contributed by atoms with E-state index < -0.39 is 0 Å². The first kappa shape index (κ1) is 13.7. The van der Waals surface area contributed by atoms with Crippen molar-refractivity contribution < 1.29 is 4.79 Å². The van der Waals surface area contributed by atoms with Gasteiger partial charge in [0.05, 0.1) is 0 Å². The standard InChI is InChI=1S/C16H17NOS/c1-13-7-5-6-10-15(13)17-16(18)11-12-19-14-8-3-2-4-9-14/h2-10H,11-12H2,1H3,(H,17,18). The SMILES string of the molecule is Cc1ccccc1NC(=O)CCSc1ccccc1. The Bertz CT molecular complexity index is 539. The predicted octanol–water partition coefficient (Wildman–Crippen LogP) is 4.12. The molecule has 2 rings (SSSR count). The van der Waals surface area contributed by atoms with Crippen molar-refractivity contribution in [3.63, 3.8) is 0 Å². The number of aryl methyl sites for hydroxylation is 1. The van der Waals surface area contributed by atoms with E-state index in [0.717, 1.165) is 17.0 Å². The van der Waals surface area contributed by atoms with Gasteiger partial charge in [-0.15, -0.1) is 11.8 Å². The molecule has 0 aliphatic heterocycles.